The van der Waals surface area contributed by atoms with Crippen LogP contribution in [0.1, 0.15) is 63.3 Å². The number of aromatic nitrogens is 3. The van der Waals surface area contributed by atoms with Crippen LogP contribution >= 0.6 is 15.9 Å². The molecule has 1 heterocycles. The zero-order valence-corrected chi connectivity index (χ0v) is 14.8. The number of benzene rings is 1. The van der Waals surface area contributed by atoms with E-state index in [0.29, 0.717) is 17.9 Å². The summed E-state index contributed by atoms with van der Waals surface area (Å²) < 4.78 is 2.28. The van der Waals surface area contributed by atoms with Crippen molar-refractivity contribution in [3.05, 3.63) is 47.5 Å². The monoisotopic (exact) mass is 349 g/mol. The van der Waals surface area contributed by atoms with E-state index in [2.05, 4.69) is 88.7 Å². The van der Waals surface area contributed by atoms with Crippen LogP contribution in [0.4, 0.5) is 0 Å². The summed E-state index contributed by atoms with van der Waals surface area (Å²) in [7, 11) is 0. The van der Waals surface area contributed by atoms with Crippen LogP contribution in [0.3, 0.4) is 0 Å². The Morgan fingerprint density at radius 2 is 1.76 bits per heavy atom. The Hall–Kier alpha value is -1.16. The van der Waals surface area contributed by atoms with Crippen LogP contribution in [0.5, 0.6) is 0 Å². The fraction of sp³-hybridized carbons (Fsp3) is 0.529. The Morgan fingerprint density at radius 3 is 2.29 bits per heavy atom. The fourth-order valence-electron chi connectivity index (χ4n) is 2.83. The standard InChI is InChI=1S/C17H24BrN3/c1-5-13(4)16(14-9-7-6-8-10-14)17-20-19-15(11-18)21(17)12(2)3/h6-10,12-13,16H,5,11H2,1-4H3. The van der Waals surface area contributed by atoms with Gasteiger partial charge in [0.15, 0.2) is 0 Å². The van der Waals surface area contributed by atoms with Crippen molar-refractivity contribution in [2.24, 2.45) is 5.92 Å². The smallest absolute Gasteiger partial charge is 0.143 e. The lowest BCUT2D eigenvalue weighted by Gasteiger charge is -2.25. The molecule has 1 aromatic carbocycles. The molecule has 0 aliphatic heterocycles. The Balaban J connectivity index is 2.55. The van der Waals surface area contributed by atoms with Crippen LogP contribution in [-0.4, -0.2) is 14.8 Å². The Morgan fingerprint density at radius 1 is 1.10 bits per heavy atom. The van der Waals surface area contributed by atoms with Crippen LogP contribution in [0.25, 0.3) is 0 Å². The van der Waals surface area contributed by atoms with Gasteiger partial charge in [-0.05, 0) is 25.3 Å². The molecule has 21 heavy (non-hydrogen) atoms. The SMILES string of the molecule is CCC(C)C(c1ccccc1)c1nnc(CBr)n1C(C)C. The highest BCUT2D eigenvalue weighted by molar-refractivity contribution is 9.08. The predicted octanol–water partition coefficient (Wildman–Crippen LogP) is 4.93. The first-order valence-corrected chi connectivity index (χ1v) is 8.76. The highest BCUT2D eigenvalue weighted by Crippen LogP contribution is 2.34. The van der Waals surface area contributed by atoms with E-state index in [0.717, 1.165) is 23.4 Å². The summed E-state index contributed by atoms with van der Waals surface area (Å²) >= 11 is 3.53. The quantitative estimate of drug-likeness (QED) is 0.692. The van der Waals surface area contributed by atoms with Gasteiger partial charge in [0.2, 0.25) is 0 Å². The molecule has 2 atom stereocenters. The van der Waals surface area contributed by atoms with Crippen molar-refractivity contribution < 1.29 is 0 Å². The van der Waals surface area contributed by atoms with Gasteiger partial charge < -0.3 is 4.57 Å². The summed E-state index contributed by atoms with van der Waals surface area (Å²) in [5.41, 5.74) is 1.32. The van der Waals surface area contributed by atoms with Crippen molar-refractivity contribution in [2.75, 3.05) is 0 Å². The van der Waals surface area contributed by atoms with Gasteiger partial charge in [0.1, 0.15) is 11.6 Å². The van der Waals surface area contributed by atoms with E-state index in [4.69, 9.17) is 0 Å². The van der Waals surface area contributed by atoms with E-state index in [1.165, 1.54) is 5.56 Å². The van der Waals surface area contributed by atoms with Crippen molar-refractivity contribution in [3.8, 4) is 0 Å². The van der Waals surface area contributed by atoms with Crippen molar-refractivity contribution in [2.45, 2.75) is 51.4 Å². The van der Waals surface area contributed by atoms with Crippen molar-refractivity contribution >= 4 is 15.9 Å². The van der Waals surface area contributed by atoms with Gasteiger partial charge in [-0.25, -0.2) is 0 Å². The lowest BCUT2D eigenvalue weighted by atomic mass is 9.84. The van der Waals surface area contributed by atoms with E-state index >= 15 is 0 Å². The normalized spacial score (nSPS) is 14.4. The molecule has 0 aliphatic carbocycles. The predicted molar refractivity (Wildman–Crippen MR) is 90.8 cm³/mol. The number of alkyl halides is 1. The van der Waals surface area contributed by atoms with Crippen LogP contribution in [0.15, 0.2) is 30.3 Å². The average molecular weight is 350 g/mol. The summed E-state index contributed by atoms with van der Waals surface area (Å²) in [5, 5.41) is 9.66. The topological polar surface area (TPSA) is 30.7 Å². The van der Waals surface area contributed by atoms with Gasteiger partial charge in [0.25, 0.3) is 0 Å². The number of halogens is 1. The molecule has 0 saturated heterocycles. The molecule has 0 aliphatic rings. The Kier molecular flexibility index (Phi) is 5.57. The number of nitrogens with zero attached hydrogens (tertiary/aromatic N) is 3. The van der Waals surface area contributed by atoms with Gasteiger partial charge in [0.05, 0.1) is 5.33 Å². The molecule has 3 nitrogen and oxygen atoms in total. The van der Waals surface area contributed by atoms with Gasteiger partial charge in [-0.1, -0.05) is 66.5 Å². The van der Waals surface area contributed by atoms with Crippen molar-refractivity contribution in [3.63, 3.8) is 0 Å². The highest BCUT2D eigenvalue weighted by atomic mass is 79.9. The molecule has 0 fully saturated rings. The maximum Gasteiger partial charge on any atom is 0.143 e. The number of rotatable bonds is 6. The molecule has 2 unspecified atom stereocenters. The lowest BCUT2D eigenvalue weighted by molar-refractivity contribution is 0.442. The third kappa shape index (κ3) is 3.37. The maximum absolute atomic E-state index is 4.54. The molecule has 0 N–H and O–H groups in total. The second-order valence-electron chi connectivity index (χ2n) is 5.85. The van der Waals surface area contributed by atoms with Gasteiger partial charge in [-0.3, -0.25) is 0 Å². The number of hydrogen-bond donors (Lipinski definition) is 0. The molecule has 0 radical (unpaired) electrons. The molecule has 0 amide bonds. The van der Waals surface area contributed by atoms with Gasteiger partial charge in [-0.15, -0.1) is 10.2 Å². The third-order valence-corrected chi connectivity index (χ3v) is 4.58. The molecule has 4 heteroatoms. The van der Waals surface area contributed by atoms with Gasteiger partial charge in [0, 0.05) is 12.0 Å². The van der Waals surface area contributed by atoms with E-state index in [1.807, 2.05) is 0 Å². The highest BCUT2D eigenvalue weighted by Gasteiger charge is 2.27. The molecule has 1 aromatic heterocycles. The summed E-state index contributed by atoms with van der Waals surface area (Å²) in [6.45, 7) is 8.92. The van der Waals surface area contributed by atoms with Gasteiger partial charge in [-0.2, -0.15) is 0 Å². The molecule has 0 saturated carbocycles. The Labute approximate surface area is 135 Å². The summed E-state index contributed by atoms with van der Waals surface area (Å²) in [5.74, 6) is 2.90. The third-order valence-electron chi connectivity index (χ3n) is 4.08. The molecule has 2 aromatic rings. The zero-order valence-electron chi connectivity index (χ0n) is 13.3. The lowest BCUT2D eigenvalue weighted by Crippen LogP contribution is -2.19. The van der Waals surface area contributed by atoms with Crippen molar-refractivity contribution in [1.82, 2.24) is 14.8 Å². The molecular formula is C17H24BrN3. The summed E-state index contributed by atoms with van der Waals surface area (Å²) in [6.07, 6.45) is 1.12. The van der Waals surface area contributed by atoms with E-state index in [9.17, 15) is 0 Å². The molecule has 0 spiro atoms. The van der Waals surface area contributed by atoms with Crippen LogP contribution in [0.2, 0.25) is 0 Å². The fourth-order valence-corrected chi connectivity index (χ4v) is 3.21. The minimum atomic E-state index is 0.291. The summed E-state index contributed by atoms with van der Waals surface area (Å²) in [4.78, 5) is 0. The molecule has 2 rings (SSSR count). The van der Waals surface area contributed by atoms with Crippen molar-refractivity contribution in [1.29, 1.82) is 0 Å². The minimum absolute atomic E-state index is 0.291. The molecule has 0 bridgehead atoms. The van der Waals surface area contributed by atoms with E-state index in [-0.39, 0.29) is 0 Å². The van der Waals surface area contributed by atoms with Crippen LogP contribution < -0.4 is 0 Å². The summed E-state index contributed by atoms with van der Waals surface area (Å²) in [6, 6.07) is 11.0. The van der Waals surface area contributed by atoms with Crippen LogP contribution in [-0.2, 0) is 5.33 Å². The Bertz CT molecular complexity index is 563. The van der Waals surface area contributed by atoms with Gasteiger partial charge >= 0.3 is 0 Å². The minimum Gasteiger partial charge on any atom is -0.311 e. The maximum atomic E-state index is 4.54. The average Bonchev–Trinajstić information content (AvgIpc) is 2.92. The largest absolute Gasteiger partial charge is 0.311 e. The second-order valence-corrected chi connectivity index (χ2v) is 6.41. The first kappa shape index (κ1) is 16.2. The second kappa shape index (κ2) is 7.21. The number of hydrogen-bond acceptors (Lipinski definition) is 2. The van der Waals surface area contributed by atoms with E-state index in [1.54, 1.807) is 0 Å². The zero-order chi connectivity index (χ0) is 15.4. The first-order chi connectivity index (χ1) is 10.1. The van der Waals surface area contributed by atoms with E-state index < -0.39 is 0 Å². The molecular weight excluding hydrogens is 326 g/mol. The first-order valence-electron chi connectivity index (χ1n) is 7.64. The molecule has 114 valence electrons. The van der Waals surface area contributed by atoms with Crippen LogP contribution in [0, 0.1) is 5.92 Å².